The van der Waals surface area contributed by atoms with Crippen LogP contribution in [0, 0.1) is 13.0 Å². The molecule has 1 aromatic heterocycles. The summed E-state index contributed by atoms with van der Waals surface area (Å²) in [5, 5.41) is 8.88. The van der Waals surface area contributed by atoms with Crippen molar-refractivity contribution in [3.05, 3.63) is 78.2 Å². The van der Waals surface area contributed by atoms with Crippen molar-refractivity contribution in [1.29, 1.82) is 0 Å². The van der Waals surface area contributed by atoms with E-state index in [1.807, 2.05) is 31.2 Å². The number of hydrogen-bond donors (Lipinski definition) is 1. The summed E-state index contributed by atoms with van der Waals surface area (Å²) in [5.41, 5.74) is 3.17. The molecule has 1 radical (unpaired) electrons. The first-order chi connectivity index (χ1) is 10.7. The van der Waals surface area contributed by atoms with Crippen LogP contribution in [0.1, 0.15) is 16.1 Å². The third kappa shape index (κ3) is 5.40. The molecule has 0 aliphatic rings. The minimum absolute atomic E-state index is 0. The van der Waals surface area contributed by atoms with E-state index in [0.717, 1.165) is 17.0 Å². The fraction of sp³-hybridized carbons (Fsp3) is 0.0556. The van der Waals surface area contributed by atoms with E-state index in [2.05, 4.69) is 16.0 Å². The van der Waals surface area contributed by atoms with Crippen LogP contribution in [0.4, 0.5) is 0 Å². The topological polar surface area (TPSA) is 63.1 Å². The summed E-state index contributed by atoms with van der Waals surface area (Å²) in [6.07, 6.45) is 4.01. The summed E-state index contributed by atoms with van der Waals surface area (Å²) < 4.78 is 0. The Labute approximate surface area is 148 Å². The number of rotatable bonds is 2. The van der Waals surface area contributed by atoms with Crippen molar-refractivity contribution < 1.29 is 30.0 Å². The van der Waals surface area contributed by atoms with Crippen molar-refractivity contribution >= 4 is 6.29 Å². The van der Waals surface area contributed by atoms with E-state index < -0.39 is 0 Å². The average Bonchev–Trinajstić information content (AvgIpc) is 2.57. The van der Waals surface area contributed by atoms with Crippen LogP contribution in [0.2, 0.25) is 0 Å². The molecule has 0 saturated heterocycles. The number of nitrogens with zero attached hydrogens (tertiary/aromatic N) is 2. The maximum atomic E-state index is 10.1. The number of carbonyl (C=O) groups is 1. The molecule has 1 heterocycles. The Morgan fingerprint density at radius 2 is 1.74 bits per heavy atom. The van der Waals surface area contributed by atoms with Gasteiger partial charge in [-0.3, -0.25) is 9.78 Å². The first-order valence-electron chi connectivity index (χ1n) is 6.70. The summed E-state index contributed by atoms with van der Waals surface area (Å²) in [6, 6.07) is 17.3. The van der Waals surface area contributed by atoms with Gasteiger partial charge in [0.15, 0.2) is 6.29 Å². The van der Waals surface area contributed by atoms with E-state index in [9.17, 15) is 4.79 Å². The second kappa shape index (κ2) is 9.61. The number of hydrogen-bond acceptors (Lipinski definition) is 4. The summed E-state index contributed by atoms with van der Waals surface area (Å²) in [7, 11) is 0. The van der Waals surface area contributed by atoms with Crippen LogP contribution in [-0.2, 0) is 20.1 Å². The van der Waals surface area contributed by atoms with Gasteiger partial charge in [0.2, 0.25) is 0 Å². The zero-order chi connectivity index (χ0) is 15.8. The van der Waals surface area contributed by atoms with E-state index in [4.69, 9.17) is 5.11 Å². The van der Waals surface area contributed by atoms with Gasteiger partial charge < -0.3 is 10.1 Å². The van der Waals surface area contributed by atoms with Crippen LogP contribution in [0.3, 0.4) is 0 Å². The molecule has 0 spiro atoms. The Bertz CT molecular complexity index is 749. The smallest absolute Gasteiger partial charge is 0.153 e. The molecule has 119 valence electrons. The minimum atomic E-state index is 0. The Morgan fingerprint density at radius 3 is 2.30 bits per heavy atom. The second-order valence-corrected chi connectivity index (χ2v) is 4.44. The molecule has 0 amide bonds. The predicted molar refractivity (Wildman–Crippen MR) is 84.5 cm³/mol. The quantitative estimate of drug-likeness (QED) is 0.448. The van der Waals surface area contributed by atoms with Gasteiger partial charge in [-0.05, 0) is 19.1 Å². The zero-order valence-corrected chi connectivity index (χ0v) is 14.8. The first kappa shape index (κ1) is 18.7. The molecule has 0 unspecified atom stereocenters. The van der Waals surface area contributed by atoms with Crippen LogP contribution in [-0.4, -0.2) is 21.4 Å². The third-order valence-corrected chi connectivity index (χ3v) is 2.91. The summed E-state index contributed by atoms with van der Waals surface area (Å²) in [4.78, 5) is 18.5. The van der Waals surface area contributed by atoms with E-state index in [-0.39, 0.29) is 25.9 Å². The van der Waals surface area contributed by atoms with Crippen molar-refractivity contribution in [3.63, 3.8) is 0 Å². The molecule has 5 heteroatoms. The van der Waals surface area contributed by atoms with Gasteiger partial charge >= 0.3 is 0 Å². The number of benzene rings is 2. The fourth-order valence-electron chi connectivity index (χ4n) is 1.80. The molecule has 0 bridgehead atoms. The summed E-state index contributed by atoms with van der Waals surface area (Å²) in [5.74, 6) is 0.0347. The number of aromatic hydroxyl groups is 1. The maximum absolute atomic E-state index is 10.1. The number of carbonyl (C=O) groups excluding carboxylic acids is 1. The van der Waals surface area contributed by atoms with Gasteiger partial charge in [-0.1, -0.05) is 12.1 Å². The molecule has 23 heavy (non-hydrogen) atoms. The van der Waals surface area contributed by atoms with Crippen LogP contribution < -0.4 is 0 Å². The molecule has 0 aliphatic carbocycles. The van der Waals surface area contributed by atoms with Gasteiger partial charge in [-0.2, -0.15) is 0 Å². The molecular weight excluding hydrogens is 468 g/mol. The van der Waals surface area contributed by atoms with Gasteiger partial charge in [0.05, 0.1) is 5.56 Å². The van der Waals surface area contributed by atoms with E-state index in [1.54, 1.807) is 30.6 Å². The van der Waals surface area contributed by atoms with Gasteiger partial charge in [0, 0.05) is 43.9 Å². The van der Waals surface area contributed by atoms with Crippen molar-refractivity contribution in [2.75, 3.05) is 0 Å². The van der Waals surface area contributed by atoms with E-state index in [0.29, 0.717) is 11.8 Å². The van der Waals surface area contributed by atoms with Gasteiger partial charge in [-0.15, -0.1) is 35.9 Å². The van der Waals surface area contributed by atoms with Crippen molar-refractivity contribution in [2.24, 2.45) is 0 Å². The molecule has 0 saturated carbocycles. The molecule has 4 nitrogen and oxygen atoms in total. The molecule has 0 aliphatic heterocycles. The van der Waals surface area contributed by atoms with Gasteiger partial charge in [0.25, 0.3) is 0 Å². The molecule has 1 N–H and O–H groups in total. The van der Waals surface area contributed by atoms with Crippen LogP contribution in [0.25, 0.3) is 11.3 Å². The Kier molecular flexibility index (Phi) is 7.81. The number of aldehydes is 1. The van der Waals surface area contributed by atoms with E-state index >= 15 is 0 Å². The standard InChI is InChI=1S/C11H9N2.C7H6O2.Ir/c1-9-11(13-8-7-12-9)10-5-3-2-4-6-10;8-5-6-3-1-2-4-7(6)9;/h2-5,7-8H,1H3;1-5,9H;/q-1;;. The van der Waals surface area contributed by atoms with Crippen LogP contribution in [0.5, 0.6) is 5.75 Å². The van der Waals surface area contributed by atoms with Crippen molar-refractivity contribution in [1.82, 2.24) is 9.97 Å². The zero-order valence-electron chi connectivity index (χ0n) is 12.4. The summed E-state index contributed by atoms with van der Waals surface area (Å²) >= 11 is 0. The normalized spacial score (nSPS) is 9.09. The number of phenolic OH excluding ortho intramolecular Hbond substituents is 1. The first-order valence-corrected chi connectivity index (χ1v) is 6.70. The molecule has 2 aromatic carbocycles. The Morgan fingerprint density at radius 1 is 1.04 bits per heavy atom. The number of aryl methyl sites for hydroxylation is 1. The molecule has 0 atom stereocenters. The fourth-order valence-corrected chi connectivity index (χ4v) is 1.80. The van der Waals surface area contributed by atoms with E-state index in [1.165, 1.54) is 6.07 Å². The third-order valence-electron chi connectivity index (χ3n) is 2.91. The van der Waals surface area contributed by atoms with Crippen LogP contribution >= 0.6 is 0 Å². The Hall–Kier alpha value is -2.36. The molecule has 3 rings (SSSR count). The average molecular weight is 484 g/mol. The predicted octanol–water partition coefficient (Wildman–Crippen LogP) is 3.45. The van der Waals surface area contributed by atoms with Crippen molar-refractivity contribution in [2.45, 2.75) is 6.92 Å². The second-order valence-electron chi connectivity index (χ2n) is 4.44. The number of phenols is 1. The SMILES string of the molecule is Cc1nccnc1-c1[c-]cccc1.O=Cc1ccccc1O.[Ir]. The summed E-state index contributed by atoms with van der Waals surface area (Å²) in [6.45, 7) is 1.95. The van der Waals surface area contributed by atoms with Gasteiger partial charge in [0.1, 0.15) is 5.75 Å². The molecule has 0 fully saturated rings. The number of para-hydroxylation sites is 1. The maximum Gasteiger partial charge on any atom is 0.153 e. The van der Waals surface area contributed by atoms with Crippen LogP contribution in [0.15, 0.2) is 60.9 Å². The number of aromatic nitrogens is 2. The minimum Gasteiger partial charge on any atom is -0.507 e. The van der Waals surface area contributed by atoms with Gasteiger partial charge in [-0.25, -0.2) is 0 Å². The monoisotopic (exact) mass is 484 g/mol. The largest absolute Gasteiger partial charge is 0.507 e. The Balaban J connectivity index is 0.000000235. The molecular formula is C18H15IrN2O2-. The van der Waals surface area contributed by atoms with Crippen molar-refractivity contribution in [3.8, 4) is 17.0 Å². The molecule has 3 aromatic rings.